The lowest BCUT2D eigenvalue weighted by Gasteiger charge is -2.29. The molecule has 1 unspecified atom stereocenters. The molecule has 120 valence electrons. The molecule has 0 saturated carbocycles. The van der Waals surface area contributed by atoms with Gasteiger partial charge in [-0.3, -0.25) is 0 Å². The van der Waals surface area contributed by atoms with Gasteiger partial charge in [-0.05, 0) is 30.6 Å². The number of hydrogen-bond acceptors (Lipinski definition) is 4. The van der Waals surface area contributed by atoms with Crippen molar-refractivity contribution in [2.24, 2.45) is 11.3 Å². The molecule has 0 radical (unpaired) electrons. The Morgan fingerprint density at radius 1 is 1.00 bits per heavy atom. The molecule has 0 aromatic carbocycles. The van der Waals surface area contributed by atoms with Crippen LogP contribution in [-0.4, -0.2) is 52.0 Å². The van der Waals surface area contributed by atoms with Gasteiger partial charge in [-0.1, -0.05) is 20.8 Å². The zero-order chi connectivity index (χ0) is 15.6. The van der Waals surface area contributed by atoms with Gasteiger partial charge in [0.25, 0.3) is 0 Å². The number of nitrogens with zero attached hydrogens (tertiary/aromatic N) is 1. The van der Waals surface area contributed by atoms with E-state index in [4.69, 9.17) is 0 Å². The largest absolute Gasteiger partial charge is 0.229 e. The highest BCUT2D eigenvalue weighted by Crippen LogP contribution is 2.34. The van der Waals surface area contributed by atoms with Crippen LogP contribution in [0.3, 0.4) is 0 Å². The summed E-state index contributed by atoms with van der Waals surface area (Å²) in [6.45, 7) is 7.58. The number of sulfonamides is 1. The third-order valence-electron chi connectivity index (χ3n) is 4.02. The van der Waals surface area contributed by atoms with E-state index in [1.54, 1.807) is 0 Å². The van der Waals surface area contributed by atoms with Gasteiger partial charge in [-0.2, -0.15) is 0 Å². The minimum Gasteiger partial charge on any atom is -0.229 e. The van der Waals surface area contributed by atoms with Crippen LogP contribution in [0.2, 0.25) is 0 Å². The lowest BCUT2D eigenvalue weighted by molar-refractivity contribution is 0.217. The van der Waals surface area contributed by atoms with Crippen molar-refractivity contribution in [1.82, 2.24) is 4.31 Å². The molecular formula is C13H27NO4S2. The summed E-state index contributed by atoms with van der Waals surface area (Å²) in [5.41, 5.74) is 0.187. The fourth-order valence-corrected chi connectivity index (χ4v) is 5.70. The lowest BCUT2D eigenvalue weighted by Crippen LogP contribution is -2.36. The molecule has 0 aliphatic carbocycles. The zero-order valence-electron chi connectivity index (χ0n) is 12.9. The van der Waals surface area contributed by atoms with Gasteiger partial charge in [-0.25, -0.2) is 21.1 Å². The lowest BCUT2D eigenvalue weighted by atomic mass is 9.77. The Hall–Kier alpha value is -0.140. The Balaban J connectivity index is 2.69. The minimum atomic E-state index is -3.45. The smallest absolute Gasteiger partial charge is 0.215 e. The molecule has 0 aromatic rings. The van der Waals surface area contributed by atoms with E-state index in [0.29, 0.717) is 19.0 Å². The molecule has 5 nitrogen and oxygen atoms in total. The van der Waals surface area contributed by atoms with E-state index in [1.807, 2.05) is 0 Å². The normalized spacial score (nSPS) is 23.5. The third kappa shape index (κ3) is 5.69. The van der Waals surface area contributed by atoms with Crippen molar-refractivity contribution in [2.45, 2.75) is 40.0 Å². The standard InChI is InChI=1S/C13H27NO4S2/c1-13(2,3)12-6-5-8-14(9-7-12)20(17,18)11-10-19(4,15)16/h12H,5-11H2,1-4H3. The molecule has 0 amide bonds. The maximum absolute atomic E-state index is 12.2. The van der Waals surface area contributed by atoms with Crippen LogP contribution < -0.4 is 0 Å². The first kappa shape index (κ1) is 17.9. The summed E-state index contributed by atoms with van der Waals surface area (Å²) in [6, 6.07) is 0. The monoisotopic (exact) mass is 325 g/mol. The second-order valence-electron chi connectivity index (χ2n) is 6.84. The van der Waals surface area contributed by atoms with Gasteiger partial charge < -0.3 is 0 Å². The molecular weight excluding hydrogens is 298 g/mol. The van der Waals surface area contributed by atoms with Crippen LogP contribution in [0.5, 0.6) is 0 Å². The van der Waals surface area contributed by atoms with Crippen molar-refractivity contribution in [2.75, 3.05) is 30.9 Å². The summed E-state index contributed by atoms with van der Waals surface area (Å²) in [7, 11) is -6.70. The molecule has 1 atom stereocenters. The van der Waals surface area contributed by atoms with Gasteiger partial charge in [0, 0.05) is 19.3 Å². The fourth-order valence-electron chi connectivity index (χ4n) is 2.60. The Labute approximate surface area is 123 Å². The van der Waals surface area contributed by atoms with E-state index in [0.717, 1.165) is 25.5 Å². The first-order valence-corrected chi connectivity index (χ1v) is 10.7. The molecule has 1 heterocycles. The van der Waals surface area contributed by atoms with Crippen molar-refractivity contribution in [3.8, 4) is 0 Å². The van der Waals surface area contributed by atoms with Crippen LogP contribution in [0, 0.1) is 11.3 Å². The van der Waals surface area contributed by atoms with E-state index in [-0.39, 0.29) is 16.9 Å². The van der Waals surface area contributed by atoms with Gasteiger partial charge in [0.2, 0.25) is 10.0 Å². The fraction of sp³-hybridized carbons (Fsp3) is 1.00. The average Bonchev–Trinajstić information content (AvgIpc) is 2.50. The van der Waals surface area contributed by atoms with Crippen molar-refractivity contribution in [3.05, 3.63) is 0 Å². The molecule has 0 aromatic heterocycles. The Kier molecular flexibility index (Phi) is 5.66. The highest BCUT2D eigenvalue weighted by atomic mass is 32.2. The minimum absolute atomic E-state index is 0.187. The summed E-state index contributed by atoms with van der Waals surface area (Å²) >= 11 is 0. The predicted octanol–water partition coefficient (Wildman–Crippen LogP) is 1.51. The molecule has 0 N–H and O–H groups in total. The van der Waals surface area contributed by atoms with E-state index in [2.05, 4.69) is 20.8 Å². The molecule has 1 rings (SSSR count). The van der Waals surface area contributed by atoms with Crippen LogP contribution in [0.25, 0.3) is 0 Å². The van der Waals surface area contributed by atoms with Crippen molar-refractivity contribution in [1.29, 1.82) is 0 Å². The summed E-state index contributed by atoms with van der Waals surface area (Å²) in [5.74, 6) is -0.0850. The molecule has 1 fully saturated rings. The molecule has 0 spiro atoms. The molecule has 20 heavy (non-hydrogen) atoms. The number of sulfone groups is 1. The summed E-state index contributed by atoms with van der Waals surface area (Å²) < 4.78 is 48.1. The van der Waals surface area contributed by atoms with Crippen LogP contribution in [0.15, 0.2) is 0 Å². The quantitative estimate of drug-likeness (QED) is 0.785. The second kappa shape index (κ2) is 6.32. The van der Waals surface area contributed by atoms with Gasteiger partial charge >= 0.3 is 0 Å². The third-order valence-corrected chi connectivity index (χ3v) is 7.09. The molecule has 7 heteroatoms. The van der Waals surface area contributed by atoms with E-state index >= 15 is 0 Å². The summed E-state index contributed by atoms with van der Waals surface area (Å²) in [5, 5.41) is 0. The van der Waals surface area contributed by atoms with E-state index in [9.17, 15) is 16.8 Å². The van der Waals surface area contributed by atoms with Crippen LogP contribution in [0.1, 0.15) is 40.0 Å². The topological polar surface area (TPSA) is 71.5 Å². The highest BCUT2D eigenvalue weighted by molar-refractivity contribution is 7.93. The Morgan fingerprint density at radius 3 is 2.10 bits per heavy atom. The first-order valence-electron chi connectivity index (χ1n) is 7.07. The van der Waals surface area contributed by atoms with E-state index in [1.165, 1.54) is 4.31 Å². The second-order valence-corrected chi connectivity index (χ2v) is 11.2. The van der Waals surface area contributed by atoms with Gasteiger partial charge in [0.1, 0.15) is 9.84 Å². The number of hydrogen-bond donors (Lipinski definition) is 0. The number of rotatable bonds is 4. The summed E-state index contributed by atoms with van der Waals surface area (Å²) in [6.07, 6.45) is 3.80. The van der Waals surface area contributed by atoms with Crippen LogP contribution in [-0.2, 0) is 19.9 Å². The Bertz CT molecular complexity index is 517. The molecule has 0 bridgehead atoms. The first-order chi connectivity index (χ1) is 8.92. The van der Waals surface area contributed by atoms with Gasteiger partial charge in [-0.15, -0.1) is 0 Å². The Morgan fingerprint density at radius 2 is 1.60 bits per heavy atom. The van der Waals surface area contributed by atoms with Gasteiger partial charge in [0.05, 0.1) is 11.5 Å². The van der Waals surface area contributed by atoms with Crippen molar-refractivity contribution < 1.29 is 16.8 Å². The highest BCUT2D eigenvalue weighted by Gasteiger charge is 2.31. The SMILES string of the molecule is CC(C)(C)C1CCCN(S(=O)(=O)CCS(C)(=O)=O)CC1. The average molecular weight is 325 g/mol. The van der Waals surface area contributed by atoms with E-state index < -0.39 is 19.9 Å². The summed E-state index contributed by atoms with van der Waals surface area (Å²) in [4.78, 5) is 0. The van der Waals surface area contributed by atoms with Crippen molar-refractivity contribution in [3.63, 3.8) is 0 Å². The van der Waals surface area contributed by atoms with Crippen molar-refractivity contribution >= 4 is 19.9 Å². The van der Waals surface area contributed by atoms with Crippen LogP contribution >= 0.6 is 0 Å². The molecule has 1 saturated heterocycles. The molecule has 1 aliphatic rings. The maximum atomic E-state index is 12.2. The van der Waals surface area contributed by atoms with Crippen LogP contribution in [0.4, 0.5) is 0 Å². The zero-order valence-corrected chi connectivity index (χ0v) is 14.6. The molecule has 1 aliphatic heterocycles. The predicted molar refractivity (Wildman–Crippen MR) is 81.9 cm³/mol. The maximum Gasteiger partial charge on any atom is 0.215 e. The van der Waals surface area contributed by atoms with Gasteiger partial charge in [0.15, 0.2) is 0 Å².